The number of nitrogens with zero attached hydrogens (tertiary/aromatic N) is 1. The van der Waals surface area contributed by atoms with Crippen LogP contribution in [0.25, 0.3) is 6.08 Å². The molecule has 0 aromatic heterocycles. The summed E-state index contributed by atoms with van der Waals surface area (Å²) in [5.74, 6) is -0.315. The van der Waals surface area contributed by atoms with Crippen molar-refractivity contribution < 1.29 is 14.7 Å². The van der Waals surface area contributed by atoms with Crippen molar-refractivity contribution in [3.63, 3.8) is 0 Å². The number of urea groups is 1. The van der Waals surface area contributed by atoms with E-state index in [0.717, 1.165) is 18.2 Å². The van der Waals surface area contributed by atoms with Gasteiger partial charge in [0, 0.05) is 24.9 Å². The van der Waals surface area contributed by atoms with Gasteiger partial charge in [-0.3, -0.25) is 0 Å². The van der Waals surface area contributed by atoms with E-state index in [2.05, 4.69) is 5.32 Å². The molecule has 0 radical (unpaired) electrons. The molecule has 0 aliphatic heterocycles. The van der Waals surface area contributed by atoms with Crippen LogP contribution in [0.15, 0.2) is 30.3 Å². The number of carboxylic acid groups (broad SMARTS) is 1. The predicted molar refractivity (Wildman–Crippen MR) is 82.1 cm³/mol. The first-order chi connectivity index (χ1) is 10.1. The third-order valence-corrected chi connectivity index (χ3v) is 3.42. The number of benzene rings is 1. The van der Waals surface area contributed by atoms with Crippen molar-refractivity contribution in [3.05, 3.63) is 35.9 Å². The number of hydrogen-bond acceptors (Lipinski definition) is 2. The van der Waals surface area contributed by atoms with Gasteiger partial charge in [-0.1, -0.05) is 12.1 Å². The van der Waals surface area contributed by atoms with Gasteiger partial charge in [0.2, 0.25) is 0 Å². The maximum Gasteiger partial charge on any atom is 0.328 e. The molecular weight excluding hydrogens is 268 g/mol. The molecule has 5 nitrogen and oxygen atoms in total. The fourth-order valence-corrected chi connectivity index (χ4v) is 2.02. The first kappa shape index (κ1) is 15.1. The second-order valence-corrected chi connectivity index (χ2v) is 5.21. The number of carbonyl (C=O) groups is 2. The van der Waals surface area contributed by atoms with Gasteiger partial charge < -0.3 is 15.3 Å². The van der Waals surface area contributed by atoms with Crippen LogP contribution in [0.4, 0.5) is 10.5 Å². The van der Waals surface area contributed by atoms with Gasteiger partial charge in [-0.05, 0) is 49.5 Å². The smallest absolute Gasteiger partial charge is 0.328 e. The Morgan fingerprint density at radius 3 is 2.52 bits per heavy atom. The number of amides is 2. The highest BCUT2D eigenvalue weighted by atomic mass is 16.4. The average Bonchev–Trinajstić information content (AvgIpc) is 3.28. The SMILES string of the molecule is CCN(CC1CC1)C(=O)Nc1ccc(C=CC(=O)O)cc1. The monoisotopic (exact) mass is 288 g/mol. The molecule has 1 fully saturated rings. The minimum Gasteiger partial charge on any atom is -0.478 e. The Hall–Kier alpha value is -2.30. The zero-order valence-electron chi connectivity index (χ0n) is 12.1. The van der Waals surface area contributed by atoms with E-state index >= 15 is 0 Å². The van der Waals surface area contributed by atoms with Crippen LogP contribution in [0.2, 0.25) is 0 Å². The van der Waals surface area contributed by atoms with Gasteiger partial charge in [0.15, 0.2) is 0 Å². The van der Waals surface area contributed by atoms with Crippen molar-refractivity contribution in [1.29, 1.82) is 0 Å². The molecule has 1 aromatic rings. The Labute approximate surface area is 124 Å². The van der Waals surface area contributed by atoms with Gasteiger partial charge in [0.25, 0.3) is 0 Å². The second kappa shape index (κ2) is 6.92. The van der Waals surface area contributed by atoms with E-state index in [9.17, 15) is 9.59 Å². The Balaban J connectivity index is 1.92. The lowest BCUT2D eigenvalue weighted by atomic mass is 10.2. The van der Waals surface area contributed by atoms with Crippen LogP contribution >= 0.6 is 0 Å². The molecule has 0 saturated heterocycles. The first-order valence-corrected chi connectivity index (χ1v) is 7.15. The molecule has 0 atom stereocenters. The summed E-state index contributed by atoms with van der Waals surface area (Å²) >= 11 is 0. The second-order valence-electron chi connectivity index (χ2n) is 5.21. The predicted octanol–water partition coefficient (Wildman–Crippen LogP) is 3.05. The lowest BCUT2D eigenvalue weighted by molar-refractivity contribution is -0.131. The average molecular weight is 288 g/mol. The van der Waals surface area contributed by atoms with Crippen LogP contribution in [0.5, 0.6) is 0 Å². The molecule has 0 bridgehead atoms. The molecule has 2 amide bonds. The van der Waals surface area contributed by atoms with Gasteiger partial charge in [0.1, 0.15) is 0 Å². The Morgan fingerprint density at radius 2 is 2.00 bits per heavy atom. The number of anilines is 1. The molecule has 21 heavy (non-hydrogen) atoms. The van der Waals surface area contributed by atoms with Crippen LogP contribution in [-0.2, 0) is 4.79 Å². The zero-order valence-corrected chi connectivity index (χ0v) is 12.1. The van der Waals surface area contributed by atoms with Crippen molar-refractivity contribution in [2.75, 3.05) is 18.4 Å². The lowest BCUT2D eigenvalue weighted by Gasteiger charge is -2.21. The highest BCUT2D eigenvalue weighted by Gasteiger charge is 2.25. The molecule has 0 unspecified atom stereocenters. The van der Waals surface area contributed by atoms with E-state index in [-0.39, 0.29) is 6.03 Å². The summed E-state index contributed by atoms with van der Waals surface area (Å²) in [6.45, 7) is 3.49. The quantitative estimate of drug-likeness (QED) is 0.790. The summed E-state index contributed by atoms with van der Waals surface area (Å²) in [6, 6.07) is 6.99. The summed E-state index contributed by atoms with van der Waals surface area (Å²) in [7, 11) is 0. The number of aliphatic carboxylic acids is 1. The van der Waals surface area contributed by atoms with Gasteiger partial charge in [-0.2, -0.15) is 0 Å². The molecule has 1 aliphatic rings. The van der Waals surface area contributed by atoms with E-state index in [1.54, 1.807) is 24.3 Å². The van der Waals surface area contributed by atoms with Gasteiger partial charge >= 0.3 is 12.0 Å². The maximum absolute atomic E-state index is 12.1. The summed E-state index contributed by atoms with van der Waals surface area (Å²) in [6.07, 6.45) is 5.03. The molecule has 0 spiro atoms. The molecule has 1 saturated carbocycles. The molecule has 0 heterocycles. The van der Waals surface area contributed by atoms with E-state index in [1.165, 1.54) is 18.9 Å². The fourth-order valence-electron chi connectivity index (χ4n) is 2.02. The molecule has 5 heteroatoms. The Kier molecular flexibility index (Phi) is 4.98. The summed E-state index contributed by atoms with van der Waals surface area (Å²) in [5, 5.41) is 11.4. The van der Waals surface area contributed by atoms with Crippen LogP contribution in [0.3, 0.4) is 0 Å². The van der Waals surface area contributed by atoms with Crippen molar-refractivity contribution in [1.82, 2.24) is 4.90 Å². The molecule has 1 aliphatic carbocycles. The minimum atomic E-state index is -0.981. The summed E-state index contributed by atoms with van der Waals surface area (Å²) in [5.41, 5.74) is 1.49. The number of carboxylic acids is 1. The first-order valence-electron chi connectivity index (χ1n) is 7.15. The Bertz CT molecular complexity index is 533. The third kappa shape index (κ3) is 4.95. The van der Waals surface area contributed by atoms with E-state index in [0.29, 0.717) is 18.2 Å². The van der Waals surface area contributed by atoms with Crippen molar-refractivity contribution >= 4 is 23.8 Å². The molecule has 1 aromatic carbocycles. The normalized spacial score (nSPS) is 14.1. The molecular formula is C16H20N2O3. The number of rotatable bonds is 6. The third-order valence-electron chi connectivity index (χ3n) is 3.42. The number of carbonyl (C=O) groups excluding carboxylic acids is 1. The van der Waals surface area contributed by atoms with Crippen LogP contribution < -0.4 is 5.32 Å². The van der Waals surface area contributed by atoms with Crippen molar-refractivity contribution in [2.24, 2.45) is 5.92 Å². The number of hydrogen-bond donors (Lipinski definition) is 2. The highest BCUT2D eigenvalue weighted by Crippen LogP contribution is 2.29. The summed E-state index contributed by atoms with van der Waals surface area (Å²) in [4.78, 5) is 24.4. The van der Waals surface area contributed by atoms with Gasteiger partial charge in [-0.25, -0.2) is 9.59 Å². The minimum absolute atomic E-state index is 0.0850. The molecule has 2 N–H and O–H groups in total. The van der Waals surface area contributed by atoms with Crippen LogP contribution in [-0.4, -0.2) is 35.1 Å². The van der Waals surface area contributed by atoms with E-state index in [1.807, 2.05) is 11.8 Å². The fraction of sp³-hybridized carbons (Fsp3) is 0.375. The van der Waals surface area contributed by atoms with Crippen LogP contribution in [0.1, 0.15) is 25.3 Å². The van der Waals surface area contributed by atoms with Crippen molar-refractivity contribution in [3.8, 4) is 0 Å². The maximum atomic E-state index is 12.1. The van der Waals surface area contributed by atoms with Gasteiger partial charge in [-0.15, -0.1) is 0 Å². The largest absolute Gasteiger partial charge is 0.478 e. The van der Waals surface area contributed by atoms with Crippen molar-refractivity contribution in [2.45, 2.75) is 19.8 Å². The Morgan fingerprint density at radius 1 is 1.33 bits per heavy atom. The van der Waals surface area contributed by atoms with E-state index < -0.39 is 5.97 Å². The standard InChI is InChI=1S/C16H20N2O3/c1-2-18(11-13-3-4-13)16(21)17-14-8-5-12(6-9-14)7-10-15(19)20/h5-10,13H,2-4,11H2,1H3,(H,17,21)(H,19,20). The molecule has 2 rings (SSSR count). The highest BCUT2D eigenvalue weighted by molar-refractivity contribution is 5.89. The van der Waals surface area contributed by atoms with Crippen LogP contribution in [0, 0.1) is 5.92 Å². The lowest BCUT2D eigenvalue weighted by Crippen LogP contribution is -2.36. The topological polar surface area (TPSA) is 69.6 Å². The zero-order chi connectivity index (χ0) is 15.2. The van der Waals surface area contributed by atoms with Gasteiger partial charge in [0.05, 0.1) is 0 Å². The number of nitrogens with one attached hydrogen (secondary N) is 1. The summed E-state index contributed by atoms with van der Waals surface area (Å²) < 4.78 is 0. The van der Waals surface area contributed by atoms with E-state index in [4.69, 9.17) is 5.11 Å². The molecule has 112 valence electrons.